The predicted octanol–water partition coefficient (Wildman–Crippen LogP) is 1.83. The van der Waals surface area contributed by atoms with E-state index in [1.165, 1.54) is 19.5 Å². The fourth-order valence-corrected chi connectivity index (χ4v) is 2.04. The van der Waals surface area contributed by atoms with E-state index in [-0.39, 0.29) is 0 Å². The summed E-state index contributed by atoms with van der Waals surface area (Å²) >= 11 is 5.78. The maximum Gasteiger partial charge on any atom is 0.0503 e. The molecule has 3 heteroatoms. The van der Waals surface area contributed by atoms with Crippen LogP contribution in [0.1, 0.15) is 13.3 Å². The summed E-state index contributed by atoms with van der Waals surface area (Å²) in [6.45, 7) is 6.66. The minimum Gasteiger partial charge on any atom is -0.384 e. The Morgan fingerprint density at radius 3 is 3.00 bits per heavy atom. The summed E-state index contributed by atoms with van der Waals surface area (Å²) in [5.74, 6) is 2.13. The summed E-state index contributed by atoms with van der Waals surface area (Å²) in [6.07, 6.45) is 1.28. The highest BCUT2D eigenvalue weighted by Gasteiger charge is 2.22. The highest BCUT2D eigenvalue weighted by atomic mass is 35.5. The molecule has 0 aromatic rings. The van der Waals surface area contributed by atoms with Gasteiger partial charge in [-0.1, -0.05) is 6.92 Å². The maximum absolute atomic E-state index is 5.78. The van der Waals surface area contributed by atoms with Crippen molar-refractivity contribution in [2.45, 2.75) is 13.3 Å². The Morgan fingerprint density at radius 1 is 1.62 bits per heavy atom. The van der Waals surface area contributed by atoms with Crippen molar-refractivity contribution in [2.75, 3.05) is 39.2 Å². The summed E-state index contributed by atoms with van der Waals surface area (Å²) in [7, 11) is 1.78. The Hall–Kier alpha value is 0.210. The summed E-state index contributed by atoms with van der Waals surface area (Å²) in [4.78, 5) is 2.50. The molecule has 0 aromatic heterocycles. The standard InChI is InChI=1S/C10H20ClNO/c1-9(5-11)6-12-4-3-10(7-12)8-13-2/h9-10H,3-8H2,1-2H3. The molecular formula is C10H20ClNO. The van der Waals surface area contributed by atoms with Crippen LogP contribution in [-0.4, -0.2) is 44.1 Å². The van der Waals surface area contributed by atoms with Gasteiger partial charge in [0, 0.05) is 26.1 Å². The normalized spacial score (nSPS) is 26.5. The quantitative estimate of drug-likeness (QED) is 0.635. The second-order valence-electron chi connectivity index (χ2n) is 4.13. The van der Waals surface area contributed by atoms with Crippen molar-refractivity contribution in [1.29, 1.82) is 0 Å². The molecular weight excluding hydrogens is 186 g/mol. The van der Waals surface area contributed by atoms with Crippen LogP contribution >= 0.6 is 11.6 Å². The molecule has 0 spiro atoms. The molecule has 0 radical (unpaired) electrons. The SMILES string of the molecule is COCC1CCN(CC(C)CCl)C1. The van der Waals surface area contributed by atoms with Gasteiger partial charge in [-0.25, -0.2) is 0 Å². The Labute approximate surface area is 86.2 Å². The van der Waals surface area contributed by atoms with E-state index in [2.05, 4.69) is 11.8 Å². The first kappa shape index (κ1) is 11.3. The van der Waals surface area contributed by atoms with E-state index >= 15 is 0 Å². The number of halogens is 1. The monoisotopic (exact) mass is 205 g/mol. The molecule has 0 aliphatic carbocycles. The Bertz CT molecular complexity index is 143. The number of nitrogens with zero attached hydrogens (tertiary/aromatic N) is 1. The fraction of sp³-hybridized carbons (Fsp3) is 1.00. The number of methoxy groups -OCH3 is 1. The number of alkyl halides is 1. The van der Waals surface area contributed by atoms with Gasteiger partial charge in [0.15, 0.2) is 0 Å². The van der Waals surface area contributed by atoms with E-state index in [1.807, 2.05) is 0 Å². The van der Waals surface area contributed by atoms with Crippen molar-refractivity contribution >= 4 is 11.6 Å². The molecule has 1 fully saturated rings. The van der Waals surface area contributed by atoms with E-state index in [4.69, 9.17) is 16.3 Å². The van der Waals surface area contributed by atoms with Crippen LogP contribution in [0, 0.1) is 11.8 Å². The first-order valence-corrected chi connectivity index (χ1v) is 5.57. The van der Waals surface area contributed by atoms with Gasteiger partial charge < -0.3 is 9.64 Å². The third-order valence-corrected chi connectivity index (χ3v) is 3.13. The number of hydrogen-bond donors (Lipinski definition) is 0. The zero-order valence-corrected chi connectivity index (χ0v) is 9.39. The van der Waals surface area contributed by atoms with Gasteiger partial charge in [0.25, 0.3) is 0 Å². The lowest BCUT2D eigenvalue weighted by Gasteiger charge is -2.19. The Kier molecular flexibility index (Phi) is 5.07. The van der Waals surface area contributed by atoms with Gasteiger partial charge in [-0.2, -0.15) is 0 Å². The molecule has 0 saturated carbocycles. The molecule has 1 saturated heterocycles. The molecule has 0 aromatic carbocycles. The van der Waals surface area contributed by atoms with Crippen molar-refractivity contribution < 1.29 is 4.74 Å². The summed E-state index contributed by atoms with van der Waals surface area (Å²) in [6, 6.07) is 0. The van der Waals surface area contributed by atoms with Crippen LogP contribution in [0.5, 0.6) is 0 Å². The van der Waals surface area contributed by atoms with E-state index < -0.39 is 0 Å². The van der Waals surface area contributed by atoms with Crippen LogP contribution in [0.4, 0.5) is 0 Å². The fourth-order valence-electron chi connectivity index (χ4n) is 1.94. The summed E-state index contributed by atoms with van der Waals surface area (Å²) in [5, 5.41) is 0. The first-order valence-electron chi connectivity index (χ1n) is 5.03. The van der Waals surface area contributed by atoms with E-state index in [9.17, 15) is 0 Å². The number of ether oxygens (including phenoxy) is 1. The molecule has 0 N–H and O–H groups in total. The van der Waals surface area contributed by atoms with Crippen LogP contribution in [0.2, 0.25) is 0 Å². The molecule has 78 valence electrons. The van der Waals surface area contributed by atoms with Crippen molar-refractivity contribution in [3.05, 3.63) is 0 Å². The van der Waals surface area contributed by atoms with Gasteiger partial charge in [0.05, 0.1) is 6.61 Å². The predicted molar refractivity (Wildman–Crippen MR) is 56.3 cm³/mol. The molecule has 0 amide bonds. The largest absolute Gasteiger partial charge is 0.384 e. The van der Waals surface area contributed by atoms with Gasteiger partial charge in [0.2, 0.25) is 0 Å². The Balaban J connectivity index is 2.17. The van der Waals surface area contributed by atoms with E-state index in [1.54, 1.807) is 7.11 Å². The van der Waals surface area contributed by atoms with E-state index in [0.717, 1.165) is 24.9 Å². The van der Waals surface area contributed by atoms with Crippen molar-refractivity contribution in [3.8, 4) is 0 Å². The summed E-state index contributed by atoms with van der Waals surface area (Å²) in [5.41, 5.74) is 0. The van der Waals surface area contributed by atoms with Gasteiger partial charge in [-0.3, -0.25) is 0 Å². The van der Waals surface area contributed by atoms with Gasteiger partial charge in [0.1, 0.15) is 0 Å². The molecule has 1 rings (SSSR count). The molecule has 2 nitrogen and oxygen atoms in total. The van der Waals surface area contributed by atoms with Crippen LogP contribution in [0.3, 0.4) is 0 Å². The minimum absolute atomic E-state index is 0.614. The zero-order valence-electron chi connectivity index (χ0n) is 8.63. The van der Waals surface area contributed by atoms with Gasteiger partial charge in [-0.15, -0.1) is 11.6 Å². The Morgan fingerprint density at radius 2 is 2.38 bits per heavy atom. The molecule has 2 atom stereocenters. The lowest BCUT2D eigenvalue weighted by Crippen LogP contribution is -2.27. The van der Waals surface area contributed by atoms with Gasteiger partial charge in [-0.05, 0) is 24.8 Å². The molecule has 1 heterocycles. The highest BCUT2D eigenvalue weighted by molar-refractivity contribution is 6.18. The second-order valence-corrected chi connectivity index (χ2v) is 4.44. The highest BCUT2D eigenvalue weighted by Crippen LogP contribution is 2.17. The molecule has 2 unspecified atom stereocenters. The third-order valence-electron chi connectivity index (χ3n) is 2.61. The first-order chi connectivity index (χ1) is 6.26. The smallest absolute Gasteiger partial charge is 0.0503 e. The number of likely N-dealkylation sites (tertiary alicyclic amines) is 1. The van der Waals surface area contributed by atoms with Crippen LogP contribution in [0.15, 0.2) is 0 Å². The van der Waals surface area contributed by atoms with E-state index in [0.29, 0.717) is 5.92 Å². The number of hydrogen-bond acceptors (Lipinski definition) is 2. The number of rotatable bonds is 5. The van der Waals surface area contributed by atoms with Crippen molar-refractivity contribution in [2.24, 2.45) is 11.8 Å². The topological polar surface area (TPSA) is 12.5 Å². The van der Waals surface area contributed by atoms with Crippen molar-refractivity contribution in [3.63, 3.8) is 0 Å². The van der Waals surface area contributed by atoms with Gasteiger partial charge >= 0.3 is 0 Å². The van der Waals surface area contributed by atoms with Crippen LogP contribution in [0.25, 0.3) is 0 Å². The average molecular weight is 206 g/mol. The minimum atomic E-state index is 0.614. The van der Waals surface area contributed by atoms with Crippen molar-refractivity contribution in [1.82, 2.24) is 4.90 Å². The molecule has 1 aliphatic heterocycles. The lowest BCUT2D eigenvalue weighted by atomic mass is 10.1. The van der Waals surface area contributed by atoms with Crippen LogP contribution in [-0.2, 0) is 4.74 Å². The molecule has 0 bridgehead atoms. The third kappa shape index (κ3) is 3.84. The van der Waals surface area contributed by atoms with Crippen LogP contribution < -0.4 is 0 Å². The molecule has 13 heavy (non-hydrogen) atoms. The second kappa shape index (κ2) is 5.84. The summed E-state index contributed by atoms with van der Waals surface area (Å²) < 4.78 is 5.15. The zero-order chi connectivity index (χ0) is 9.68. The molecule has 1 aliphatic rings. The maximum atomic E-state index is 5.78. The average Bonchev–Trinajstić information content (AvgIpc) is 2.53. The lowest BCUT2D eigenvalue weighted by molar-refractivity contribution is 0.152.